The summed E-state index contributed by atoms with van der Waals surface area (Å²) in [5.41, 5.74) is 2.44. The normalized spacial score (nSPS) is 12.7. The topological polar surface area (TPSA) is 84.9 Å². The monoisotopic (exact) mass is 396 g/mol. The first-order chi connectivity index (χ1) is 14.0. The Labute approximate surface area is 169 Å². The number of carbonyl (C=O) groups excluding carboxylic acids is 3. The Bertz CT molecular complexity index is 896. The van der Waals surface area contributed by atoms with Gasteiger partial charge in [-0.15, -0.1) is 0 Å². The van der Waals surface area contributed by atoms with Crippen LogP contribution in [0.3, 0.4) is 0 Å². The van der Waals surface area contributed by atoms with E-state index in [0.717, 1.165) is 18.4 Å². The van der Waals surface area contributed by atoms with Gasteiger partial charge in [0.25, 0.3) is 5.91 Å². The lowest BCUT2D eigenvalue weighted by Crippen LogP contribution is -2.40. The summed E-state index contributed by atoms with van der Waals surface area (Å²) in [6.45, 7) is 2.03. The number of amides is 2. The maximum Gasteiger partial charge on any atom is 0.302 e. The summed E-state index contributed by atoms with van der Waals surface area (Å²) in [4.78, 5) is 36.9. The lowest BCUT2D eigenvalue weighted by molar-refractivity contribution is -0.141. The molecule has 0 radical (unpaired) electrons. The summed E-state index contributed by atoms with van der Waals surface area (Å²) in [5, 5.41) is 2.88. The lowest BCUT2D eigenvalue weighted by atomic mass is 10.1. The van der Waals surface area contributed by atoms with Crippen molar-refractivity contribution in [2.45, 2.75) is 26.2 Å². The highest BCUT2D eigenvalue weighted by atomic mass is 16.5. The molecule has 0 aliphatic carbocycles. The zero-order valence-corrected chi connectivity index (χ0v) is 16.3. The van der Waals surface area contributed by atoms with Crippen LogP contribution < -0.4 is 15.0 Å². The van der Waals surface area contributed by atoms with Crippen LogP contribution in [0.5, 0.6) is 5.75 Å². The van der Waals surface area contributed by atoms with Crippen LogP contribution in [0.25, 0.3) is 0 Å². The van der Waals surface area contributed by atoms with Crippen LogP contribution >= 0.6 is 0 Å². The van der Waals surface area contributed by atoms with Gasteiger partial charge in [-0.25, -0.2) is 0 Å². The van der Waals surface area contributed by atoms with Crippen LogP contribution in [0, 0.1) is 0 Å². The molecule has 0 atom stereocenters. The number of fused-ring (bicyclic) bond motifs is 1. The molecule has 1 aliphatic rings. The highest BCUT2D eigenvalue weighted by molar-refractivity contribution is 5.99. The van der Waals surface area contributed by atoms with Crippen molar-refractivity contribution in [2.24, 2.45) is 0 Å². The molecule has 3 rings (SSSR count). The molecule has 0 saturated heterocycles. The van der Waals surface area contributed by atoms with E-state index in [0.29, 0.717) is 23.7 Å². The molecule has 152 valence electrons. The number of rotatable bonds is 8. The van der Waals surface area contributed by atoms with Gasteiger partial charge in [-0.3, -0.25) is 14.4 Å². The van der Waals surface area contributed by atoms with Gasteiger partial charge in [-0.2, -0.15) is 0 Å². The van der Waals surface area contributed by atoms with E-state index in [1.165, 1.54) is 6.92 Å². The predicted octanol–water partition coefficient (Wildman–Crippen LogP) is 2.94. The quantitative estimate of drug-likeness (QED) is 0.548. The summed E-state index contributed by atoms with van der Waals surface area (Å²) in [6.07, 6.45) is 1.64. The number of para-hydroxylation sites is 2. The van der Waals surface area contributed by atoms with Crippen molar-refractivity contribution in [3.05, 3.63) is 54.1 Å². The zero-order chi connectivity index (χ0) is 20.6. The Kier molecular flexibility index (Phi) is 6.84. The van der Waals surface area contributed by atoms with E-state index in [9.17, 15) is 14.4 Å². The number of benzene rings is 2. The maximum absolute atomic E-state index is 12.4. The number of esters is 1. The van der Waals surface area contributed by atoms with Crippen molar-refractivity contribution >= 4 is 29.2 Å². The highest BCUT2D eigenvalue weighted by Crippen LogP contribution is 2.31. The molecule has 2 aromatic carbocycles. The van der Waals surface area contributed by atoms with E-state index in [1.54, 1.807) is 4.90 Å². The molecular formula is C22H24N2O5. The molecule has 1 aliphatic heterocycles. The minimum Gasteiger partial charge on any atom is -0.482 e. The number of hydrogen-bond acceptors (Lipinski definition) is 5. The molecule has 29 heavy (non-hydrogen) atoms. The highest BCUT2D eigenvalue weighted by Gasteiger charge is 2.25. The van der Waals surface area contributed by atoms with Gasteiger partial charge in [0.15, 0.2) is 6.61 Å². The Hall–Kier alpha value is -3.35. The summed E-state index contributed by atoms with van der Waals surface area (Å²) < 4.78 is 10.3. The van der Waals surface area contributed by atoms with Crippen molar-refractivity contribution in [2.75, 3.05) is 30.0 Å². The predicted molar refractivity (Wildman–Crippen MR) is 109 cm³/mol. The van der Waals surface area contributed by atoms with Crippen LogP contribution in [0.1, 0.15) is 25.3 Å². The van der Waals surface area contributed by atoms with Crippen molar-refractivity contribution < 1.29 is 23.9 Å². The van der Waals surface area contributed by atoms with E-state index in [4.69, 9.17) is 9.47 Å². The molecule has 1 N–H and O–H groups in total. The third-order valence-electron chi connectivity index (χ3n) is 4.50. The van der Waals surface area contributed by atoms with E-state index >= 15 is 0 Å². The van der Waals surface area contributed by atoms with Gasteiger partial charge in [-0.05, 0) is 42.7 Å². The molecule has 2 aromatic rings. The smallest absolute Gasteiger partial charge is 0.302 e. The molecule has 0 unspecified atom stereocenters. The number of hydrogen-bond donors (Lipinski definition) is 1. The lowest BCUT2D eigenvalue weighted by Gasteiger charge is -2.29. The molecule has 7 heteroatoms. The largest absolute Gasteiger partial charge is 0.482 e. The maximum atomic E-state index is 12.4. The third kappa shape index (κ3) is 5.81. The number of aryl methyl sites for hydroxylation is 1. The first-order valence-corrected chi connectivity index (χ1v) is 9.57. The Morgan fingerprint density at radius 1 is 1.17 bits per heavy atom. The second-order valence-electron chi connectivity index (χ2n) is 6.74. The first-order valence-electron chi connectivity index (χ1n) is 9.57. The van der Waals surface area contributed by atoms with Gasteiger partial charge in [0, 0.05) is 25.6 Å². The third-order valence-corrected chi connectivity index (χ3v) is 4.50. The number of ether oxygens (including phenoxy) is 2. The summed E-state index contributed by atoms with van der Waals surface area (Å²) in [7, 11) is 0. The van der Waals surface area contributed by atoms with Crippen molar-refractivity contribution in [1.82, 2.24) is 0 Å². The second kappa shape index (κ2) is 9.73. The number of anilines is 2. The van der Waals surface area contributed by atoms with Crippen molar-refractivity contribution in [1.29, 1.82) is 0 Å². The van der Waals surface area contributed by atoms with Gasteiger partial charge in [0.2, 0.25) is 5.91 Å². The van der Waals surface area contributed by atoms with Crippen LogP contribution in [0.2, 0.25) is 0 Å². The van der Waals surface area contributed by atoms with Crippen LogP contribution in [-0.2, 0) is 25.5 Å². The minimum absolute atomic E-state index is 0.0198. The summed E-state index contributed by atoms with van der Waals surface area (Å²) >= 11 is 0. The van der Waals surface area contributed by atoms with E-state index in [1.807, 2.05) is 48.5 Å². The summed E-state index contributed by atoms with van der Waals surface area (Å²) in [6, 6.07) is 14.9. The summed E-state index contributed by atoms with van der Waals surface area (Å²) in [5.74, 6) is 0.0338. The van der Waals surface area contributed by atoms with Gasteiger partial charge in [-0.1, -0.05) is 24.3 Å². The van der Waals surface area contributed by atoms with Gasteiger partial charge < -0.3 is 19.7 Å². The second-order valence-corrected chi connectivity index (χ2v) is 6.74. The Balaban J connectivity index is 1.52. The number of nitrogens with zero attached hydrogens (tertiary/aromatic N) is 1. The van der Waals surface area contributed by atoms with Crippen LogP contribution in [-0.4, -0.2) is 37.5 Å². The van der Waals surface area contributed by atoms with Crippen LogP contribution in [0.15, 0.2) is 48.5 Å². The fourth-order valence-electron chi connectivity index (χ4n) is 3.13. The molecule has 0 aromatic heterocycles. The van der Waals surface area contributed by atoms with E-state index in [2.05, 4.69) is 5.32 Å². The van der Waals surface area contributed by atoms with Gasteiger partial charge in [0.1, 0.15) is 5.75 Å². The molecular weight excluding hydrogens is 372 g/mol. The number of carbonyl (C=O) groups is 3. The molecule has 0 fully saturated rings. The van der Waals surface area contributed by atoms with Crippen molar-refractivity contribution in [3.8, 4) is 5.75 Å². The standard InChI is InChI=1S/C22H24N2O5/c1-16(25)28-13-5-7-17-6-4-8-18(14-17)23-21(26)11-12-24-19-9-2-3-10-20(19)29-15-22(24)27/h2-4,6,8-10,14H,5,7,11-13,15H2,1H3,(H,23,26). The first kappa shape index (κ1) is 20.4. The fourth-order valence-corrected chi connectivity index (χ4v) is 3.13. The Morgan fingerprint density at radius 2 is 2.00 bits per heavy atom. The molecule has 1 heterocycles. The molecule has 7 nitrogen and oxygen atoms in total. The van der Waals surface area contributed by atoms with Gasteiger partial charge >= 0.3 is 5.97 Å². The van der Waals surface area contributed by atoms with Gasteiger partial charge in [0.05, 0.1) is 12.3 Å². The molecule has 0 spiro atoms. The minimum atomic E-state index is -0.285. The Morgan fingerprint density at radius 3 is 2.83 bits per heavy atom. The zero-order valence-electron chi connectivity index (χ0n) is 16.3. The SMILES string of the molecule is CC(=O)OCCCc1cccc(NC(=O)CCN2C(=O)COc3ccccc32)c1. The molecule has 0 bridgehead atoms. The average molecular weight is 396 g/mol. The van der Waals surface area contributed by atoms with E-state index < -0.39 is 0 Å². The molecule has 0 saturated carbocycles. The fraction of sp³-hybridized carbons (Fsp3) is 0.318. The average Bonchev–Trinajstić information content (AvgIpc) is 2.70. The molecule has 2 amide bonds. The number of nitrogens with one attached hydrogen (secondary N) is 1. The van der Waals surface area contributed by atoms with E-state index in [-0.39, 0.29) is 37.4 Å². The van der Waals surface area contributed by atoms with Crippen molar-refractivity contribution in [3.63, 3.8) is 0 Å². The van der Waals surface area contributed by atoms with Crippen LogP contribution in [0.4, 0.5) is 11.4 Å².